The number of aliphatic imine (C=N–C) groups is 1. The first-order valence-corrected chi connectivity index (χ1v) is 4.31. The van der Waals surface area contributed by atoms with Crippen molar-refractivity contribution < 1.29 is 9.67 Å². The van der Waals surface area contributed by atoms with Gasteiger partial charge in [-0.2, -0.15) is 0 Å². The minimum absolute atomic E-state index is 0.365. The molecule has 0 radical (unpaired) electrons. The Morgan fingerprint density at radius 2 is 2.15 bits per heavy atom. The van der Waals surface area contributed by atoms with Gasteiger partial charge in [0.25, 0.3) is 0 Å². The van der Waals surface area contributed by atoms with Crippen LogP contribution in [-0.2, 0) is 7.05 Å². The Morgan fingerprint density at radius 1 is 1.54 bits per heavy atom. The smallest absolute Gasteiger partial charge is 0.169 e. The zero-order chi connectivity index (χ0) is 9.68. The van der Waals surface area contributed by atoms with Crippen molar-refractivity contribution in [3.05, 3.63) is 30.1 Å². The van der Waals surface area contributed by atoms with Crippen LogP contribution < -0.4 is 4.57 Å². The first kappa shape index (κ1) is 9.86. The van der Waals surface area contributed by atoms with Gasteiger partial charge in [-0.15, -0.1) is 0 Å². The van der Waals surface area contributed by atoms with E-state index in [0.717, 1.165) is 5.56 Å². The molecule has 1 N–H and O–H groups in total. The third-order valence-electron chi connectivity index (χ3n) is 1.61. The number of rotatable bonds is 3. The lowest BCUT2D eigenvalue weighted by atomic mass is 10.3. The Morgan fingerprint density at radius 3 is 2.69 bits per heavy atom. The molecule has 1 aromatic heterocycles. The monoisotopic (exact) mass is 179 g/mol. The van der Waals surface area contributed by atoms with Gasteiger partial charge < -0.3 is 5.11 Å². The molecule has 0 saturated heterocycles. The molecular weight excluding hydrogens is 164 g/mol. The van der Waals surface area contributed by atoms with Crippen LogP contribution in [-0.4, -0.2) is 24.0 Å². The van der Waals surface area contributed by atoms with Crippen LogP contribution in [0.5, 0.6) is 0 Å². The Labute approximate surface area is 78.4 Å². The van der Waals surface area contributed by atoms with Crippen molar-refractivity contribution in [3.63, 3.8) is 0 Å². The summed E-state index contributed by atoms with van der Waals surface area (Å²) in [4.78, 5) is 4.09. The summed E-state index contributed by atoms with van der Waals surface area (Å²) < 4.78 is 1.96. The quantitative estimate of drug-likeness (QED) is 0.526. The highest BCUT2D eigenvalue weighted by molar-refractivity contribution is 5.78. The first-order valence-electron chi connectivity index (χ1n) is 4.31. The lowest BCUT2D eigenvalue weighted by molar-refractivity contribution is -0.671. The zero-order valence-electron chi connectivity index (χ0n) is 8.01. The molecule has 1 heterocycles. The summed E-state index contributed by atoms with van der Waals surface area (Å²) >= 11 is 0. The van der Waals surface area contributed by atoms with E-state index in [2.05, 4.69) is 4.99 Å². The molecule has 1 rings (SSSR count). The van der Waals surface area contributed by atoms with E-state index < -0.39 is 0 Å². The SMILES string of the molecule is CC(O)CN=Cc1cc[n+](C)cc1. The fourth-order valence-electron chi connectivity index (χ4n) is 0.909. The second-order valence-electron chi connectivity index (χ2n) is 3.14. The van der Waals surface area contributed by atoms with Crippen LogP contribution in [0.2, 0.25) is 0 Å². The minimum atomic E-state index is -0.365. The third kappa shape index (κ3) is 3.80. The van der Waals surface area contributed by atoms with Crippen molar-refractivity contribution in [2.75, 3.05) is 6.54 Å². The standard InChI is InChI=1S/C10H15N2O/c1-9(13)7-11-8-10-3-5-12(2)6-4-10/h3-6,8-9,13H,7H2,1-2H3/q+1. The number of aryl methyl sites for hydroxylation is 1. The van der Waals surface area contributed by atoms with E-state index >= 15 is 0 Å². The summed E-state index contributed by atoms with van der Waals surface area (Å²) in [5.41, 5.74) is 1.05. The maximum Gasteiger partial charge on any atom is 0.169 e. The topological polar surface area (TPSA) is 36.5 Å². The van der Waals surface area contributed by atoms with E-state index in [9.17, 15) is 0 Å². The van der Waals surface area contributed by atoms with Crippen molar-refractivity contribution in [1.29, 1.82) is 0 Å². The van der Waals surface area contributed by atoms with Crippen LogP contribution in [0, 0.1) is 0 Å². The molecule has 0 saturated carbocycles. The van der Waals surface area contributed by atoms with Gasteiger partial charge in [0.15, 0.2) is 12.4 Å². The second-order valence-corrected chi connectivity index (χ2v) is 3.14. The summed E-state index contributed by atoms with van der Waals surface area (Å²) in [6.07, 6.45) is 5.33. The number of aliphatic hydroxyl groups is 1. The molecule has 0 fully saturated rings. The third-order valence-corrected chi connectivity index (χ3v) is 1.61. The summed E-state index contributed by atoms with van der Waals surface area (Å²) in [5, 5.41) is 8.96. The minimum Gasteiger partial charge on any atom is -0.391 e. The Balaban J connectivity index is 2.54. The normalized spacial score (nSPS) is 13.5. The van der Waals surface area contributed by atoms with Crippen molar-refractivity contribution in [2.45, 2.75) is 13.0 Å². The molecular formula is C10H15N2O+. The predicted octanol–water partition coefficient (Wildman–Crippen LogP) is 0.311. The summed E-state index contributed by atoms with van der Waals surface area (Å²) in [6, 6.07) is 3.96. The van der Waals surface area contributed by atoms with Gasteiger partial charge >= 0.3 is 0 Å². The van der Waals surface area contributed by atoms with E-state index in [1.807, 2.05) is 36.1 Å². The van der Waals surface area contributed by atoms with Crippen molar-refractivity contribution in [1.82, 2.24) is 0 Å². The molecule has 0 aromatic carbocycles. The van der Waals surface area contributed by atoms with Crippen molar-refractivity contribution in [3.8, 4) is 0 Å². The average Bonchev–Trinajstić information content (AvgIpc) is 2.08. The van der Waals surface area contributed by atoms with Crippen LogP contribution in [0.1, 0.15) is 12.5 Å². The molecule has 1 unspecified atom stereocenters. The largest absolute Gasteiger partial charge is 0.391 e. The van der Waals surface area contributed by atoms with Crippen LogP contribution in [0.15, 0.2) is 29.5 Å². The molecule has 0 spiro atoms. The zero-order valence-corrected chi connectivity index (χ0v) is 8.01. The fraction of sp³-hybridized carbons (Fsp3) is 0.400. The van der Waals surface area contributed by atoms with Crippen LogP contribution in [0.4, 0.5) is 0 Å². The molecule has 3 nitrogen and oxygen atoms in total. The number of nitrogens with zero attached hydrogens (tertiary/aromatic N) is 2. The van der Waals surface area contributed by atoms with Gasteiger partial charge in [0.1, 0.15) is 7.05 Å². The number of pyridine rings is 1. The molecule has 0 aliphatic heterocycles. The number of aliphatic hydroxyl groups excluding tert-OH is 1. The molecule has 0 aliphatic rings. The lowest BCUT2D eigenvalue weighted by Gasteiger charge is -1.96. The predicted molar refractivity (Wildman–Crippen MR) is 51.8 cm³/mol. The molecule has 0 bridgehead atoms. The highest BCUT2D eigenvalue weighted by atomic mass is 16.3. The number of hydrogen-bond donors (Lipinski definition) is 1. The van der Waals surface area contributed by atoms with E-state index in [-0.39, 0.29) is 6.10 Å². The van der Waals surface area contributed by atoms with Gasteiger partial charge in [-0.25, -0.2) is 4.57 Å². The van der Waals surface area contributed by atoms with Crippen molar-refractivity contribution >= 4 is 6.21 Å². The van der Waals surface area contributed by atoms with Gasteiger partial charge in [0.2, 0.25) is 0 Å². The summed E-state index contributed by atoms with van der Waals surface area (Å²) in [7, 11) is 1.97. The van der Waals surface area contributed by atoms with E-state index in [1.165, 1.54) is 0 Å². The lowest BCUT2D eigenvalue weighted by Crippen LogP contribution is -2.25. The molecule has 1 atom stereocenters. The van der Waals surface area contributed by atoms with E-state index in [1.54, 1.807) is 13.1 Å². The molecule has 70 valence electrons. The maximum atomic E-state index is 8.96. The highest BCUT2D eigenvalue weighted by Gasteiger charge is 1.93. The highest BCUT2D eigenvalue weighted by Crippen LogP contribution is 1.90. The van der Waals surface area contributed by atoms with Gasteiger partial charge in [0, 0.05) is 23.9 Å². The summed E-state index contributed by atoms with van der Waals surface area (Å²) in [6.45, 7) is 2.18. The van der Waals surface area contributed by atoms with Gasteiger partial charge in [-0.05, 0) is 6.92 Å². The molecule has 3 heteroatoms. The van der Waals surface area contributed by atoms with Crippen LogP contribution in [0.3, 0.4) is 0 Å². The van der Waals surface area contributed by atoms with E-state index in [0.29, 0.717) is 6.54 Å². The first-order chi connectivity index (χ1) is 6.18. The van der Waals surface area contributed by atoms with Crippen LogP contribution in [0.25, 0.3) is 0 Å². The number of aromatic nitrogens is 1. The Bertz CT molecular complexity index is 277. The van der Waals surface area contributed by atoms with Gasteiger partial charge in [0.05, 0.1) is 12.6 Å². The fourth-order valence-corrected chi connectivity index (χ4v) is 0.909. The van der Waals surface area contributed by atoms with Crippen LogP contribution >= 0.6 is 0 Å². The Hall–Kier alpha value is -1.22. The van der Waals surface area contributed by atoms with Gasteiger partial charge in [-0.1, -0.05) is 0 Å². The maximum absolute atomic E-state index is 8.96. The molecule has 13 heavy (non-hydrogen) atoms. The molecule has 0 amide bonds. The summed E-state index contributed by atoms with van der Waals surface area (Å²) in [5.74, 6) is 0. The molecule has 1 aromatic rings. The second kappa shape index (κ2) is 4.72. The Kier molecular flexibility index (Phi) is 3.58. The average molecular weight is 179 g/mol. The van der Waals surface area contributed by atoms with Crippen molar-refractivity contribution in [2.24, 2.45) is 12.0 Å². The molecule has 0 aliphatic carbocycles. The van der Waals surface area contributed by atoms with Gasteiger partial charge in [-0.3, -0.25) is 4.99 Å². The van der Waals surface area contributed by atoms with E-state index in [4.69, 9.17) is 5.11 Å². The number of hydrogen-bond acceptors (Lipinski definition) is 2.